The van der Waals surface area contributed by atoms with Gasteiger partial charge in [-0.05, 0) is 12.3 Å². The topological polar surface area (TPSA) is 55.1 Å². The van der Waals surface area contributed by atoms with E-state index in [1.807, 2.05) is 6.26 Å². The summed E-state index contributed by atoms with van der Waals surface area (Å²) in [6, 6.07) is 6.60. The van der Waals surface area contributed by atoms with E-state index in [1.165, 1.54) is 36.1 Å². The molecule has 0 saturated heterocycles. The highest BCUT2D eigenvalue weighted by Gasteiger charge is 2.18. The number of anilines is 2. The number of benzene rings is 1. The van der Waals surface area contributed by atoms with Crippen molar-refractivity contribution in [1.29, 1.82) is 0 Å². The van der Waals surface area contributed by atoms with Gasteiger partial charge in [-0.3, -0.25) is 4.79 Å². The summed E-state index contributed by atoms with van der Waals surface area (Å²) in [6.07, 6.45) is 1.90. The van der Waals surface area contributed by atoms with E-state index in [2.05, 4.69) is 5.32 Å². The summed E-state index contributed by atoms with van der Waals surface area (Å²) in [7, 11) is 0. The number of hydrogen-bond donors (Lipinski definition) is 2. The minimum absolute atomic E-state index is 0.0539. The quantitative estimate of drug-likeness (QED) is 0.647. The number of halogens is 1. The predicted molar refractivity (Wildman–Crippen MR) is 84.2 cm³/mol. The third-order valence-corrected chi connectivity index (χ3v) is 5.05. The fraction of sp³-hybridized carbons (Fsp3) is 0.214. The molecule has 1 heterocycles. The number of ketones is 1. The zero-order valence-corrected chi connectivity index (χ0v) is 12.8. The Bertz CT molecular complexity index is 640. The third-order valence-electron chi connectivity index (χ3n) is 2.82. The maximum atomic E-state index is 13.6. The second kappa shape index (κ2) is 6.28. The molecule has 1 aromatic carbocycles. The van der Waals surface area contributed by atoms with Crippen LogP contribution in [-0.4, -0.2) is 12.0 Å². The number of thiophene rings is 1. The first-order chi connectivity index (χ1) is 9.54. The molecular weight excluding hydrogens is 295 g/mol. The van der Waals surface area contributed by atoms with Crippen molar-refractivity contribution in [3.05, 3.63) is 40.5 Å². The van der Waals surface area contributed by atoms with Crippen LogP contribution in [0.25, 0.3) is 0 Å². The minimum Gasteiger partial charge on any atom is -0.396 e. The molecule has 0 spiro atoms. The van der Waals surface area contributed by atoms with Crippen LogP contribution in [0, 0.1) is 5.82 Å². The van der Waals surface area contributed by atoms with Gasteiger partial charge in [0, 0.05) is 19.0 Å². The summed E-state index contributed by atoms with van der Waals surface area (Å²) in [5, 5.41) is 3.97. The summed E-state index contributed by atoms with van der Waals surface area (Å²) >= 11 is 2.79. The SMILES string of the molecule is CSc1c(NCc2ccccc2F)sc(C(C)=O)c1N. The van der Waals surface area contributed by atoms with Gasteiger partial charge >= 0.3 is 0 Å². The molecule has 0 radical (unpaired) electrons. The predicted octanol–water partition coefficient (Wildman–Crippen LogP) is 4.01. The molecule has 2 aromatic rings. The average molecular weight is 310 g/mol. The van der Waals surface area contributed by atoms with Gasteiger partial charge in [0.1, 0.15) is 10.8 Å². The number of rotatable bonds is 5. The van der Waals surface area contributed by atoms with Gasteiger partial charge in [-0.15, -0.1) is 23.1 Å². The third kappa shape index (κ3) is 2.96. The van der Waals surface area contributed by atoms with Crippen LogP contribution < -0.4 is 11.1 Å². The van der Waals surface area contributed by atoms with Gasteiger partial charge in [0.15, 0.2) is 5.78 Å². The van der Waals surface area contributed by atoms with Crippen LogP contribution >= 0.6 is 23.1 Å². The highest BCUT2D eigenvalue weighted by atomic mass is 32.2. The second-order valence-corrected chi connectivity index (χ2v) is 6.05. The monoisotopic (exact) mass is 310 g/mol. The Morgan fingerprint density at radius 3 is 2.75 bits per heavy atom. The number of nitrogen functional groups attached to an aromatic ring is 1. The standard InChI is InChI=1S/C14H15FN2OS2/c1-8(18)12-11(16)13(19-2)14(20-12)17-7-9-5-3-4-6-10(9)15/h3-6,17H,7,16H2,1-2H3. The molecule has 3 nitrogen and oxygen atoms in total. The maximum absolute atomic E-state index is 13.6. The van der Waals surface area contributed by atoms with Gasteiger partial charge in [-0.2, -0.15) is 0 Å². The van der Waals surface area contributed by atoms with E-state index in [0.717, 1.165) is 9.90 Å². The Balaban J connectivity index is 2.24. The number of nitrogens with one attached hydrogen (secondary N) is 1. The van der Waals surface area contributed by atoms with Crippen LogP contribution in [0.1, 0.15) is 22.2 Å². The first-order valence-electron chi connectivity index (χ1n) is 5.99. The van der Waals surface area contributed by atoms with Crippen molar-refractivity contribution in [3.63, 3.8) is 0 Å². The highest BCUT2D eigenvalue weighted by molar-refractivity contribution is 7.99. The van der Waals surface area contributed by atoms with E-state index < -0.39 is 0 Å². The Labute approximate surface area is 125 Å². The first kappa shape index (κ1) is 14.9. The van der Waals surface area contributed by atoms with Gasteiger partial charge in [0.25, 0.3) is 0 Å². The van der Waals surface area contributed by atoms with Gasteiger partial charge in [-0.25, -0.2) is 4.39 Å². The van der Waals surface area contributed by atoms with Crippen molar-refractivity contribution >= 4 is 39.6 Å². The summed E-state index contributed by atoms with van der Waals surface area (Å²) < 4.78 is 13.6. The van der Waals surface area contributed by atoms with Crippen LogP contribution in [-0.2, 0) is 6.54 Å². The van der Waals surface area contributed by atoms with E-state index in [9.17, 15) is 9.18 Å². The number of carbonyl (C=O) groups excluding carboxylic acids is 1. The van der Waals surface area contributed by atoms with Crippen LogP contribution in [0.2, 0.25) is 0 Å². The Kier molecular flexibility index (Phi) is 4.67. The molecule has 0 saturated carbocycles. The molecule has 0 bridgehead atoms. The number of thioether (sulfide) groups is 1. The molecule has 1 aromatic heterocycles. The number of nitrogens with two attached hydrogens (primary N) is 1. The molecule has 0 unspecified atom stereocenters. The van der Waals surface area contributed by atoms with E-state index >= 15 is 0 Å². The lowest BCUT2D eigenvalue weighted by Crippen LogP contribution is -2.01. The number of Topliss-reactive ketones (excluding diaryl/α,β-unsaturated/α-hetero) is 1. The van der Waals surface area contributed by atoms with Crippen molar-refractivity contribution in [2.24, 2.45) is 0 Å². The average Bonchev–Trinajstić information content (AvgIpc) is 2.74. The molecule has 0 aliphatic heterocycles. The molecule has 20 heavy (non-hydrogen) atoms. The van der Waals surface area contributed by atoms with Crippen molar-refractivity contribution in [1.82, 2.24) is 0 Å². The lowest BCUT2D eigenvalue weighted by molar-refractivity contribution is 0.102. The molecule has 106 valence electrons. The van der Waals surface area contributed by atoms with Crippen molar-refractivity contribution in [2.45, 2.75) is 18.4 Å². The molecule has 6 heteroatoms. The fourth-order valence-corrected chi connectivity index (χ4v) is 3.75. The van der Waals surface area contributed by atoms with E-state index in [1.54, 1.807) is 18.2 Å². The normalized spacial score (nSPS) is 10.6. The number of carbonyl (C=O) groups is 1. The summed E-state index contributed by atoms with van der Waals surface area (Å²) in [5.74, 6) is -0.302. The summed E-state index contributed by atoms with van der Waals surface area (Å²) in [6.45, 7) is 1.85. The van der Waals surface area contributed by atoms with Crippen molar-refractivity contribution in [3.8, 4) is 0 Å². The lowest BCUT2D eigenvalue weighted by Gasteiger charge is -2.07. The zero-order valence-electron chi connectivity index (χ0n) is 11.2. The van der Waals surface area contributed by atoms with Crippen molar-refractivity contribution < 1.29 is 9.18 Å². The molecule has 0 aliphatic rings. The first-order valence-corrected chi connectivity index (χ1v) is 8.03. The molecule has 0 fully saturated rings. The van der Waals surface area contributed by atoms with Crippen LogP contribution in [0.15, 0.2) is 29.2 Å². The molecule has 0 aliphatic carbocycles. The van der Waals surface area contributed by atoms with Gasteiger partial charge in [-0.1, -0.05) is 18.2 Å². The summed E-state index contributed by atoms with van der Waals surface area (Å²) in [4.78, 5) is 12.9. The zero-order chi connectivity index (χ0) is 14.7. The Morgan fingerprint density at radius 1 is 1.45 bits per heavy atom. The lowest BCUT2D eigenvalue weighted by atomic mass is 10.2. The smallest absolute Gasteiger partial charge is 0.171 e. The largest absolute Gasteiger partial charge is 0.396 e. The summed E-state index contributed by atoms with van der Waals surface area (Å²) in [5.41, 5.74) is 7.05. The molecule has 2 rings (SSSR count). The molecule has 0 amide bonds. The van der Waals surface area contributed by atoms with E-state index in [-0.39, 0.29) is 11.6 Å². The number of hydrogen-bond acceptors (Lipinski definition) is 5. The Morgan fingerprint density at radius 2 is 2.15 bits per heavy atom. The van der Waals surface area contributed by atoms with Gasteiger partial charge in [0.05, 0.1) is 15.5 Å². The fourth-order valence-electron chi connectivity index (χ4n) is 1.83. The van der Waals surface area contributed by atoms with Crippen LogP contribution in [0.5, 0.6) is 0 Å². The maximum Gasteiger partial charge on any atom is 0.171 e. The minimum atomic E-state index is -0.248. The second-order valence-electron chi connectivity index (χ2n) is 4.21. The van der Waals surface area contributed by atoms with Gasteiger partial charge in [0.2, 0.25) is 0 Å². The Hall–Kier alpha value is -1.53. The van der Waals surface area contributed by atoms with Gasteiger partial charge < -0.3 is 11.1 Å². The molecule has 3 N–H and O–H groups in total. The van der Waals surface area contributed by atoms with E-state index in [0.29, 0.717) is 22.7 Å². The molecule has 0 atom stereocenters. The van der Waals surface area contributed by atoms with Crippen molar-refractivity contribution in [2.75, 3.05) is 17.3 Å². The highest BCUT2D eigenvalue weighted by Crippen LogP contribution is 2.42. The van der Waals surface area contributed by atoms with Crippen LogP contribution in [0.4, 0.5) is 15.1 Å². The van der Waals surface area contributed by atoms with Crippen LogP contribution in [0.3, 0.4) is 0 Å². The van der Waals surface area contributed by atoms with E-state index in [4.69, 9.17) is 5.73 Å². The molecular formula is C14H15FN2OS2.